The van der Waals surface area contributed by atoms with Crippen molar-refractivity contribution < 1.29 is 9.31 Å². The van der Waals surface area contributed by atoms with E-state index in [0.717, 1.165) is 21.5 Å². The first-order valence-corrected chi connectivity index (χ1v) is 11.2. The SMILES string of the molecule is O=[N+]([O-])c1c(Sc2cccc3cccnc23)ncnc1N1CCN(c2ccc(F)cc2)CC1. The van der Waals surface area contributed by atoms with Crippen LogP contribution in [-0.4, -0.2) is 46.1 Å². The fourth-order valence-electron chi connectivity index (χ4n) is 3.91. The molecule has 2 aromatic carbocycles. The smallest absolute Gasteiger partial charge is 0.343 e. The maximum Gasteiger partial charge on any atom is 0.343 e. The van der Waals surface area contributed by atoms with Gasteiger partial charge in [0, 0.05) is 48.3 Å². The minimum absolute atomic E-state index is 0.106. The molecule has 0 amide bonds. The summed E-state index contributed by atoms with van der Waals surface area (Å²) in [6.07, 6.45) is 3.07. The highest BCUT2D eigenvalue weighted by molar-refractivity contribution is 7.99. The third kappa shape index (κ3) is 4.29. The minimum atomic E-state index is -0.414. The fraction of sp³-hybridized carbons (Fsp3) is 0.174. The van der Waals surface area contributed by atoms with Crippen LogP contribution >= 0.6 is 11.8 Å². The Morgan fingerprint density at radius 2 is 1.64 bits per heavy atom. The van der Waals surface area contributed by atoms with E-state index in [-0.39, 0.29) is 16.5 Å². The molecule has 0 aliphatic carbocycles. The molecule has 1 fully saturated rings. The number of fused-ring (bicyclic) bond motifs is 1. The molecule has 0 saturated carbocycles. The number of nitro groups is 1. The number of pyridine rings is 1. The van der Waals surface area contributed by atoms with Gasteiger partial charge in [0.2, 0.25) is 5.82 Å². The van der Waals surface area contributed by atoms with Crippen LogP contribution in [0.1, 0.15) is 0 Å². The third-order valence-electron chi connectivity index (χ3n) is 5.53. The van der Waals surface area contributed by atoms with E-state index in [1.807, 2.05) is 35.2 Å². The molecule has 166 valence electrons. The Morgan fingerprint density at radius 1 is 0.909 bits per heavy atom. The maximum absolute atomic E-state index is 13.2. The fourth-order valence-corrected chi connectivity index (χ4v) is 4.90. The van der Waals surface area contributed by atoms with Gasteiger partial charge in [-0.1, -0.05) is 30.0 Å². The lowest BCUT2D eigenvalue weighted by molar-refractivity contribution is -0.387. The molecule has 1 aliphatic heterocycles. The number of aromatic nitrogens is 3. The van der Waals surface area contributed by atoms with Gasteiger partial charge in [-0.3, -0.25) is 15.1 Å². The molecule has 3 heterocycles. The van der Waals surface area contributed by atoms with Gasteiger partial charge < -0.3 is 9.80 Å². The zero-order valence-electron chi connectivity index (χ0n) is 17.5. The van der Waals surface area contributed by atoms with Crippen LogP contribution in [0, 0.1) is 15.9 Å². The largest absolute Gasteiger partial charge is 0.368 e. The molecule has 0 bridgehead atoms. The monoisotopic (exact) mass is 462 g/mol. The van der Waals surface area contributed by atoms with Crippen molar-refractivity contribution in [1.29, 1.82) is 0 Å². The van der Waals surface area contributed by atoms with Gasteiger partial charge in [0.15, 0.2) is 5.03 Å². The molecule has 4 aromatic rings. The van der Waals surface area contributed by atoms with Crippen molar-refractivity contribution in [2.24, 2.45) is 0 Å². The molecule has 1 aliphatic rings. The summed E-state index contributed by atoms with van der Waals surface area (Å²) in [5, 5.41) is 13.3. The van der Waals surface area contributed by atoms with Crippen molar-refractivity contribution >= 4 is 39.9 Å². The second kappa shape index (κ2) is 8.99. The minimum Gasteiger partial charge on any atom is -0.368 e. The number of piperazine rings is 1. The van der Waals surface area contributed by atoms with E-state index in [1.54, 1.807) is 18.3 Å². The van der Waals surface area contributed by atoms with Crippen LogP contribution in [0.3, 0.4) is 0 Å². The van der Waals surface area contributed by atoms with Crippen molar-refractivity contribution in [3.8, 4) is 0 Å². The summed E-state index contributed by atoms with van der Waals surface area (Å²) in [6, 6.07) is 15.9. The van der Waals surface area contributed by atoms with Crippen molar-refractivity contribution in [1.82, 2.24) is 15.0 Å². The zero-order valence-corrected chi connectivity index (χ0v) is 18.3. The van der Waals surface area contributed by atoms with E-state index < -0.39 is 4.92 Å². The summed E-state index contributed by atoms with van der Waals surface area (Å²) < 4.78 is 13.2. The van der Waals surface area contributed by atoms with Crippen molar-refractivity contribution in [2.45, 2.75) is 9.92 Å². The van der Waals surface area contributed by atoms with Gasteiger partial charge in [-0.15, -0.1) is 0 Å². The number of hydrogen-bond acceptors (Lipinski definition) is 8. The molecule has 5 rings (SSSR count). The van der Waals surface area contributed by atoms with Gasteiger partial charge in [-0.25, -0.2) is 14.4 Å². The molecule has 1 saturated heterocycles. The Kier molecular flexibility index (Phi) is 5.74. The lowest BCUT2D eigenvalue weighted by Crippen LogP contribution is -2.47. The Labute approximate surface area is 193 Å². The van der Waals surface area contributed by atoms with E-state index in [9.17, 15) is 14.5 Å². The van der Waals surface area contributed by atoms with E-state index in [4.69, 9.17) is 0 Å². The second-order valence-corrected chi connectivity index (χ2v) is 8.52. The standard InChI is InChI=1S/C23H19FN6O2S/c24-17-6-8-18(9-7-17)28-11-13-29(14-12-28)22-21(30(31)32)23(27-15-26-22)33-19-5-1-3-16-4-2-10-25-20(16)19/h1-10,15H,11-14H2. The van der Waals surface area contributed by atoms with Crippen LogP contribution in [0.2, 0.25) is 0 Å². The molecular weight excluding hydrogens is 443 g/mol. The van der Waals surface area contributed by atoms with Gasteiger partial charge in [0.05, 0.1) is 10.4 Å². The first kappa shape index (κ1) is 21.1. The molecule has 0 unspecified atom stereocenters. The highest BCUT2D eigenvalue weighted by Gasteiger charge is 2.30. The Hall–Kier alpha value is -3.79. The normalized spacial score (nSPS) is 14.0. The number of benzene rings is 2. The molecule has 8 nitrogen and oxygen atoms in total. The number of anilines is 2. The second-order valence-electron chi connectivity index (χ2n) is 7.49. The third-order valence-corrected chi connectivity index (χ3v) is 6.57. The summed E-state index contributed by atoms with van der Waals surface area (Å²) in [5.41, 5.74) is 1.59. The number of nitrogens with zero attached hydrogens (tertiary/aromatic N) is 6. The predicted molar refractivity (Wildman–Crippen MR) is 125 cm³/mol. The van der Waals surface area contributed by atoms with E-state index in [1.165, 1.54) is 30.2 Å². The van der Waals surface area contributed by atoms with Crippen LogP contribution in [0.25, 0.3) is 10.9 Å². The van der Waals surface area contributed by atoms with Crippen molar-refractivity contribution in [3.05, 3.63) is 83.1 Å². The molecule has 0 N–H and O–H groups in total. The van der Waals surface area contributed by atoms with Crippen LogP contribution in [0.5, 0.6) is 0 Å². The highest BCUT2D eigenvalue weighted by atomic mass is 32.2. The van der Waals surface area contributed by atoms with E-state index in [2.05, 4.69) is 19.9 Å². The number of hydrogen-bond donors (Lipinski definition) is 0. The van der Waals surface area contributed by atoms with Gasteiger partial charge in [-0.2, -0.15) is 0 Å². The number of rotatable bonds is 5. The number of para-hydroxylation sites is 1. The summed E-state index contributed by atoms with van der Waals surface area (Å²) >= 11 is 1.22. The number of halogens is 1. The average molecular weight is 463 g/mol. The lowest BCUT2D eigenvalue weighted by atomic mass is 10.2. The molecule has 0 spiro atoms. The van der Waals surface area contributed by atoms with Gasteiger partial charge in [-0.05, 0) is 36.4 Å². The molecule has 33 heavy (non-hydrogen) atoms. The van der Waals surface area contributed by atoms with Crippen molar-refractivity contribution in [2.75, 3.05) is 36.0 Å². The summed E-state index contributed by atoms with van der Waals surface area (Å²) in [6.45, 7) is 2.38. The Bertz CT molecular complexity index is 1310. The summed E-state index contributed by atoms with van der Waals surface area (Å²) in [7, 11) is 0. The van der Waals surface area contributed by atoms with Crippen LogP contribution < -0.4 is 9.80 Å². The quantitative estimate of drug-likeness (QED) is 0.242. The first-order valence-electron chi connectivity index (χ1n) is 10.4. The predicted octanol–water partition coefficient (Wildman–Crippen LogP) is 4.55. The highest BCUT2D eigenvalue weighted by Crippen LogP contribution is 2.40. The van der Waals surface area contributed by atoms with Gasteiger partial charge >= 0.3 is 5.69 Å². The molecule has 10 heteroatoms. The maximum atomic E-state index is 13.2. The van der Waals surface area contributed by atoms with Crippen molar-refractivity contribution in [3.63, 3.8) is 0 Å². The molecule has 0 radical (unpaired) electrons. The average Bonchev–Trinajstić information content (AvgIpc) is 2.85. The lowest BCUT2D eigenvalue weighted by Gasteiger charge is -2.36. The topological polar surface area (TPSA) is 88.3 Å². The Morgan fingerprint density at radius 3 is 2.39 bits per heavy atom. The Balaban J connectivity index is 1.42. The molecule has 2 aromatic heterocycles. The first-order chi connectivity index (χ1) is 16.1. The molecular formula is C23H19FN6O2S. The van der Waals surface area contributed by atoms with Gasteiger partial charge in [0.1, 0.15) is 12.1 Å². The van der Waals surface area contributed by atoms with E-state index in [0.29, 0.717) is 32.0 Å². The summed E-state index contributed by atoms with van der Waals surface area (Å²) in [5.74, 6) is 0.0323. The van der Waals surface area contributed by atoms with Crippen LogP contribution in [0.15, 0.2) is 77.0 Å². The van der Waals surface area contributed by atoms with E-state index >= 15 is 0 Å². The molecule has 0 atom stereocenters. The van der Waals surface area contributed by atoms with Gasteiger partial charge in [0.25, 0.3) is 0 Å². The summed E-state index contributed by atoms with van der Waals surface area (Å²) in [4.78, 5) is 29.4. The zero-order chi connectivity index (χ0) is 22.8. The van der Waals surface area contributed by atoms with Crippen LogP contribution in [-0.2, 0) is 0 Å². The van der Waals surface area contributed by atoms with Crippen LogP contribution in [0.4, 0.5) is 21.6 Å².